The number of pyridine rings is 1. The number of fused-ring (bicyclic) bond motifs is 1. The predicted molar refractivity (Wildman–Crippen MR) is 83.8 cm³/mol. The quantitative estimate of drug-likeness (QED) is 0.720. The summed E-state index contributed by atoms with van der Waals surface area (Å²) in [6.07, 6.45) is 0. The summed E-state index contributed by atoms with van der Waals surface area (Å²) in [5, 5.41) is 0.848. The van der Waals surface area contributed by atoms with Crippen molar-refractivity contribution in [3.8, 4) is 11.5 Å². The molecular formula is C18H16FNO2. The summed E-state index contributed by atoms with van der Waals surface area (Å²) in [7, 11) is 1.61. The van der Waals surface area contributed by atoms with Crippen molar-refractivity contribution in [1.29, 1.82) is 0 Å². The maximum atomic E-state index is 13.7. The molecule has 0 saturated heterocycles. The van der Waals surface area contributed by atoms with E-state index in [1.54, 1.807) is 25.3 Å². The van der Waals surface area contributed by atoms with E-state index in [0.29, 0.717) is 11.3 Å². The molecule has 0 bridgehead atoms. The number of nitrogens with zero attached hydrogens (tertiary/aromatic N) is 1. The van der Waals surface area contributed by atoms with Crippen LogP contribution in [0.2, 0.25) is 0 Å². The monoisotopic (exact) mass is 297 g/mol. The molecule has 0 spiro atoms. The molecule has 0 saturated carbocycles. The van der Waals surface area contributed by atoms with Crippen LogP contribution in [0.4, 0.5) is 4.39 Å². The van der Waals surface area contributed by atoms with Crippen LogP contribution >= 0.6 is 0 Å². The van der Waals surface area contributed by atoms with E-state index in [1.807, 2.05) is 31.2 Å². The zero-order valence-corrected chi connectivity index (χ0v) is 12.5. The Labute approximate surface area is 128 Å². The number of halogens is 1. The number of ether oxygens (including phenoxy) is 2. The van der Waals surface area contributed by atoms with Gasteiger partial charge in [-0.15, -0.1) is 0 Å². The van der Waals surface area contributed by atoms with Crippen LogP contribution in [-0.2, 0) is 6.61 Å². The van der Waals surface area contributed by atoms with Gasteiger partial charge in [-0.05, 0) is 31.2 Å². The number of benzene rings is 2. The molecule has 0 aliphatic heterocycles. The Morgan fingerprint density at radius 3 is 2.68 bits per heavy atom. The van der Waals surface area contributed by atoms with Gasteiger partial charge in [-0.3, -0.25) is 4.98 Å². The van der Waals surface area contributed by atoms with Gasteiger partial charge in [0, 0.05) is 22.7 Å². The van der Waals surface area contributed by atoms with Crippen molar-refractivity contribution >= 4 is 10.9 Å². The van der Waals surface area contributed by atoms with Crippen LogP contribution in [0.15, 0.2) is 48.5 Å². The zero-order valence-electron chi connectivity index (χ0n) is 12.5. The Morgan fingerprint density at radius 1 is 1.09 bits per heavy atom. The minimum Gasteiger partial charge on any atom is -0.497 e. The normalized spacial score (nSPS) is 10.7. The fourth-order valence-corrected chi connectivity index (χ4v) is 2.32. The molecule has 0 atom stereocenters. The van der Waals surface area contributed by atoms with Crippen LogP contribution < -0.4 is 9.47 Å². The molecule has 22 heavy (non-hydrogen) atoms. The molecule has 2 aromatic carbocycles. The third kappa shape index (κ3) is 2.86. The molecule has 112 valence electrons. The molecule has 3 nitrogen and oxygen atoms in total. The lowest BCUT2D eigenvalue weighted by molar-refractivity contribution is 0.303. The van der Waals surface area contributed by atoms with E-state index in [-0.39, 0.29) is 12.4 Å². The van der Waals surface area contributed by atoms with Crippen molar-refractivity contribution in [3.05, 3.63) is 65.6 Å². The van der Waals surface area contributed by atoms with Gasteiger partial charge in [0.25, 0.3) is 0 Å². The summed E-state index contributed by atoms with van der Waals surface area (Å²) in [4.78, 5) is 4.47. The molecule has 0 N–H and O–H groups in total. The molecule has 0 aliphatic carbocycles. The first-order valence-electron chi connectivity index (χ1n) is 6.99. The van der Waals surface area contributed by atoms with Gasteiger partial charge in [0.2, 0.25) is 0 Å². The average molecular weight is 297 g/mol. The third-order valence-electron chi connectivity index (χ3n) is 3.45. The highest BCUT2D eigenvalue weighted by molar-refractivity contribution is 5.86. The molecule has 0 unspecified atom stereocenters. The second-order valence-corrected chi connectivity index (χ2v) is 5.02. The maximum Gasteiger partial charge on any atom is 0.131 e. The van der Waals surface area contributed by atoms with Crippen LogP contribution in [0.3, 0.4) is 0 Å². The Hall–Kier alpha value is -2.62. The Morgan fingerprint density at radius 2 is 1.91 bits per heavy atom. The molecule has 0 fully saturated rings. The van der Waals surface area contributed by atoms with Crippen LogP contribution in [-0.4, -0.2) is 12.1 Å². The standard InChI is InChI=1S/C18H16FNO2/c1-12-9-18(22-11-13-5-3-4-6-16(13)19)15-10-14(21-2)7-8-17(15)20-12/h3-10H,11H2,1-2H3. The predicted octanol–water partition coefficient (Wildman–Crippen LogP) is 4.27. The highest BCUT2D eigenvalue weighted by Gasteiger charge is 2.08. The van der Waals surface area contributed by atoms with Crippen LogP contribution in [0.25, 0.3) is 10.9 Å². The summed E-state index contributed by atoms with van der Waals surface area (Å²) in [6.45, 7) is 2.07. The first kappa shape index (κ1) is 14.3. The van der Waals surface area contributed by atoms with Gasteiger partial charge in [-0.2, -0.15) is 0 Å². The first-order chi connectivity index (χ1) is 10.7. The van der Waals surface area contributed by atoms with Crippen LogP contribution in [0.5, 0.6) is 11.5 Å². The van der Waals surface area contributed by atoms with Gasteiger partial charge in [-0.1, -0.05) is 18.2 Å². The topological polar surface area (TPSA) is 31.4 Å². The van der Waals surface area contributed by atoms with Crippen molar-refractivity contribution in [2.45, 2.75) is 13.5 Å². The van der Waals surface area contributed by atoms with Gasteiger partial charge in [0.05, 0.1) is 12.6 Å². The Kier molecular flexibility index (Phi) is 3.92. The van der Waals surface area contributed by atoms with Crippen molar-refractivity contribution in [2.24, 2.45) is 0 Å². The molecule has 0 aliphatic rings. The van der Waals surface area contributed by atoms with E-state index in [1.165, 1.54) is 6.07 Å². The second kappa shape index (κ2) is 6.02. The molecule has 1 aromatic heterocycles. The van der Waals surface area contributed by atoms with E-state index < -0.39 is 0 Å². The number of rotatable bonds is 4. The van der Waals surface area contributed by atoms with Gasteiger partial charge in [-0.25, -0.2) is 4.39 Å². The largest absolute Gasteiger partial charge is 0.497 e. The van der Waals surface area contributed by atoms with E-state index in [4.69, 9.17) is 9.47 Å². The molecule has 1 heterocycles. The lowest BCUT2D eigenvalue weighted by Crippen LogP contribution is -2.00. The lowest BCUT2D eigenvalue weighted by atomic mass is 10.1. The molecule has 3 rings (SSSR count). The molecular weight excluding hydrogens is 281 g/mol. The molecule has 0 radical (unpaired) electrons. The molecule has 3 aromatic rings. The number of aryl methyl sites for hydroxylation is 1. The average Bonchev–Trinajstić information content (AvgIpc) is 2.53. The zero-order chi connectivity index (χ0) is 15.5. The first-order valence-corrected chi connectivity index (χ1v) is 6.99. The summed E-state index contributed by atoms with van der Waals surface area (Å²) in [5.74, 6) is 1.13. The van der Waals surface area contributed by atoms with E-state index in [9.17, 15) is 4.39 Å². The van der Waals surface area contributed by atoms with Gasteiger partial charge in [0.1, 0.15) is 23.9 Å². The van der Waals surface area contributed by atoms with E-state index >= 15 is 0 Å². The van der Waals surface area contributed by atoms with Gasteiger partial charge in [0.15, 0.2) is 0 Å². The highest BCUT2D eigenvalue weighted by atomic mass is 19.1. The van der Waals surface area contributed by atoms with Gasteiger partial charge >= 0.3 is 0 Å². The minimum absolute atomic E-state index is 0.169. The number of methoxy groups -OCH3 is 1. The SMILES string of the molecule is COc1ccc2nc(C)cc(OCc3ccccc3F)c2c1. The minimum atomic E-state index is -0.268. The summed E-state index contributed by atoms with van der Waals surface area (Å²) in [5.41, 5.74) is 2.19. The third-order valence-corrected chi connectivity index (χ3v) is 3.45. The van der Waals surface area contributed by atoms with Gasteiger partial charge < -0.3 is 9.47 Å². The van der Waals surface area contributed by atoms with Crippen molar-refractivity contribution in [2.75, 3.05) is 7.11 Å². The number of hydrogen-bond donors (Lipinski definition) is 0. The van der Waals surface area contributed by atoms with Crippen molar-refractivity contribution in [1.82, 2.24) is 4.98 Å². The summed E-state index contributed by atoms with van der Waals surface area (Å²) in [6, 6.07) is 14.1. The fraction of sp³-hybridized carbons (Fsp3) is 0.167. The Balaban J connectivity index is 1.97. The number of aromatic nitrogens is 1. The maximum absolute atomic E-state index is 13.7. The van der Waals surface area contributed by atoms with Crippen LogP contribution in [0.1, 0.15) is 11.3 Å². The van der Waals surface area contributed by atoms with Crippen molar-refractivity contribution in [3.63, 3.8) is 0 Å². The van der Waals surface area contributed by atoms with Crippen molar-refractivity contribution < 1.29 is 13.9 Å². The van der Waals surface area contributed by atoms with E-state index in [2.05, 4.69) is 4.98 Å². The smallest absolute Gasteiger partial charge is 0.131 e. The van der Waals surface area contributed by atoms with Crippen LogP contribution in [0, 0.1) is 12.7 Å². The second-order valence-electron chi connectivity index (χ2n) is 5.02. The lowest BCUT2D eigenvalue weighted by Gasteiger charge is -2.11. The summed E-state index contributed by atoms with van der Waals surface area (Å²) >= 11 is 0. The fourth-order valence-electron chi connectivity index (χ4n) is 2.32. The summed E-state index contributed by atoms with van der Waals surface area (Å²) < 4.78 is 24.8. The molecule has 0 amide bonds. The Bertz CT molecular complexity index is 817. The molecule has 4 heteroatoms. The number of hydrogen-bond acceptors (Lipinski definition) is 3. The highest BCUT2D eigenvalue weighted by Crippen LogP contribution is 2.29. The van der Waals surface area contributed by atoms with E-state index in [0.717, 1.165) is 22.3 Å².